The number of anilines is 1. The van der Waals surface area contributed by atoms with Crippen LogP contribution in [0.25, 0.3) is 0 Å². The van der Waals surface area contributed by atoms with Gasteiger partial charge in [0.25, 0.3) is 0 Å². The van der Waals surface area contributed by atoms with Crippen LogP contribution < -0.4 is 15.0 Å². The predicted octanol–water partition coefficient (Wildman–Crippen LogP) is 4.66. The first-order valence-corrected chi connectivity index (χ1v) is 10.2. The van der Waals surface area contributed by atoms with E-state index in [0.717, 1.165) is 41.4 Å². The van der Waals surface area contributed by atoms with Crippen molar-refractivity contribution in [2.45, 2.75) is 46.1 Å². The largest absolute Gasteiger partial charge is 0.496 e. The van der Waals surface area contributed by atoms with Crippen LogP contribution in [0.15, 0.2) is 42.5 Å². The zero-order valence-electron chi connectivity index (χ0n) is 17.5. The third kappa shape index (κ3) is 5.06. The molecule has 0 radical (unpaired) electrons. The highest BCUT2D eigenvalue weighted by Gasteiger charge is 2.17. The zero-order chi connectivity index (χ0) is 20.1. The van der Waals surface area contributed by atoms with Gasteiger partial charge in [-0.15, -0.1) is 0 Å². The van der Waals surface area contributed by atoms with Gasteiger partial charge in [-0.05, 0) is 67.5 Å². The van der Waals surface area contributed by atoms with Crippen LogP contribution in [0.4, 0.5) is 5.69 Å². The van der Waals surface area contributed by atoms with Crippen LogP contribution in [0.1, 0.15) is 49.4 Å². The van der Waals surface area contributed by atoms with Crippen molar-refractivity contribution >= 4 is 11.6 Å². The molecule has 0 bridgehead atoms. The van der Waals surface area contributed by atoms with Crippen LogP contribution in [-0.2, 0) is 11.2 Å². The number of amides is 1. The Morgan fingerprint density at radius 1 is 1.25 bits per heavy atom. The van der Waals surface area contributed by atoms with Gasteiger partial charge in [-0.3, -0.25) is 4.79 Å². The summed E-state index contributed by atoms with van der Waals surface area (Å²) in [5, 5.41) is 3.11. The lowest BCUT2D eigenvalue weighted by molar-refractivity contribution is -0.121. The highest BCUT2D eigenvalue weighted by Crippen LogP contribution is 2.25. The fourth-order valence-corrected chi connectivity index (χ4v) is 4.01. The molecule has 4 heteroatoms. The summed E-state index contributed by atoms with van der Waals surface area (Å²) in [5.74, 6) is 1.64. The van der Waals surface area contributed by atoms with E-state index in [9.17, 15) is 4.79 Å². The van der Waals surface area contributed by atoms with Crippen molar-refractivity contribution in [1.82, 2.24) is 5.32 Å². The number of benzene rings is 2. The normalized spacial score (nSPS) is 17.9. The van der Waals surface area contributed by atoms with Crippen LogP contribution >= 0.6 is 0 Å². The van der Waals surface area contributed by atoms with Gasteiger partial charge in [-0.25, -0.2) is 0 Å². The second-order valence-corrected chi connectivity index (χ2v) is 8.05. The number of aryl methyl sites for hydroxylation is 1. The van der Waals surface area contributed by atoms with E-state index in [2.05, 4.69) is 41.4 Å². The molecule has 0 unspecified atom stereocenters. The molecule has 1 saturated heterocycles. The summed E-state index contributed by atoms with van der Waals surface area (Å²) in [6, 6.07) is 14.5. The standard InChI is InChI=1S/C24H32N2O2/c1-17-6-5-13-26(16-17)22-10-8-21(9-11-22)19(3)25-24(27)15-20-7-12-23(28-4)18(2)14-20/h7-12,14,17,19H,5-6,13,15-16H2,1-4H3,(H,25,27)/t17-,19-/m1/s1. The summed E-state index contributed by atoms with van der Waals surface area (Å²) in [6.07, 6.45) is 2.96. The smallest absolute Gasteiger partial charge is 0.224 e. The molecule has 2 aromatic carbocycles. The van der Waals surface area contributed by atoms with E-state index in [1.165, 1.54) is 18.5 Å². The Morgan fingerprint density at radius 3 is 2.64 bits per heavy atom. The highest BCUT2D eigenvalue weighted by molar-refractivity contribution is 5.79. The number of methoxy groups -OCH3 is 1. The monoisotopic (exact) mass is 380 g/mol. The Hall–Kier alpha value is -2.49. The molecular formula is C24H32N2O2. The lowest BCUT2D eigenvalue weighted by atomic mass is 9.99. The van der Waals surface area contributed by atoms with E-state index in [1.807, 2.05) is 32.0 Å². The van der Waals surface area contributed by atoms with Gasteiger partial charge in [0, 0.05) is 18.8 Å². The molecule has 1 aliphatic heterocycles. The average molecular weight is 381 g/mol. The molecule has 1 amide bonds. The lowest BCUT2D eigenvalue weighted by Gasteiger charge is -2.33. The molecule has 2 atom stereocenters. The quantitative estimate of drug-likeness (QED) is 0.792. The molecule has 4 nitrogen and oxygen atoms in total. The van der Waals surface area contributed by atoms with E-state index in [0.29, 0.717) is 6.42 Å². The first-order chi connectivity index (χ1) is 13.5. The Morgan fingerprint density at radius 2 is 2.00 bits per heavy atom. The minimum absolute atomic E-state index is 0.0128. The van der Waals surface area contributed by atoms with Crippen molar-refractivity contribution in [3.05, 3.63) is 59.2 Å². The second-order valence-electron chi connectivity index (χ2n) is 8.05. The van der Waals surface area contributed by atoms with Gasteiger partial charge in [0.1, 0.15) is 5.75 Å². The fourth-order valence-electron chi connectivity index (χ4n) is 4.01. The number of nitrogens with zero attached hydrogens (tertiary/aromatic N) is 1. The minimum atomic E-state index is -0.0128. The fraction of sp³-hybridized carbons (Fsp3) is 0.458. The van der Waals surface area contributed by atoms with E-state index in [1.54, 1.807) is 7.11 Å². The van der Waals surface area contributed by atoms with Gasteiger partial charge in [-0.1, -0.05) is 31.2 Å². The van der Waals surface area contributed by atoms with Gasteiger partial charge in [0.2, 0.25) is 5.91 Å². The third-order valence-electron chi connectivity index (χ3n) is 5.62. The predicted molar refractivity (Wildman–Crippen MR) is 115 cm³/mol. The molecule has 3 rings (SSSR count). The van der Waals surface area contributed by atoms with Crippen LogP contribution in [0, 0.1) is 12.8 Å². The average Bonchev–Trinajstić information content (AvgIpc) is 2.68. The number of rotatable bonds is 6. The minimum Gasteiger partial charge on any atom is -0.496 e. The van der Waals surface area contributed by atoms with Crippen molar-refractivity contribution in [3.63, 3.8) is 0 Å². The molecule has 28 heavy (non-hydrogen) atoms. The molecule has 150 valence electrons. The molecule has 1 fully saturated rings. The highest BCUT2D eigenvalue weighted by atomic mass is 16.5. The number of hydrogen-bond acceptors (Lipinski definition) is 3. The molecule has 0 spiro atoms. The Labute approximate surface area is 168 Å². The number of carbonyl (C=O) groups excluding carboxylic acids is 1. The van der Waals surface area contributed by atoms with Gasteiger partial charge < -0.3 is 15.0 Å². The van der Waals surface area contributed by atoms with E-state index >= 15 is 0 Å². The van der Waals surface area contributed by atoms with Crippen LogP contribution in [0.5, 0.6) is 5.75 Å². The lowest BCUT2D eigenvalue weighted by Crippen LogP contribution is -2.34. The molecule has 0 saturated carbocycles. The number of nitrogens with one attached hydrogen (secondary N) is 1. The molecule has 1 heterocycles. The van der Waals surface area contributed by atoms with E-state index in [-0.39, 0.29) is 11.9 Å². The maximum absolute atomic E-state index is 12.5. The van der Waals surface area contributed by atoms with Gasteiger partial charge in [-0.2, -0.15) is 0 Å². The third-order valence-corrected chi connectivity index (χ3v) is 5.62. The second kappa shape index (κ2) is 9.13. The summed E-state index contributed by atoms with van der Waals surface area (Å²) in [6.45, 7) is 8.62. The number of piperidine rings is 1. The first-order valence-electron chi connectivity index (χ1n) is 10.2. The summed E-state index contributed by atoms with van der Waals surface area (Å²) < 4.78 is 5.28. The number of hydrogen-bond donors (Lipinski definition) is 1. The molecule has 0 aliphatic carbocycles. The maximum Gasteiger partial charge on any atom is 0.224 e. The molecule has 1 aliphatic rings. The van der Waals surface area contributed by atoms with Gasteiger partial charge in [0.05, 0.1) is 19.6 Å². The number of carbonyl (C=O) groups is 1. The zero-order valence-corrected chi connectivity index (χ0v) is 17.5. The van der Waals surface area contributed by atoms with Crippen LogP contribution in [0.2, 0.25) is 0 Å². The first kappa shape index (κ1) is 20.2. The van der Waals surface area contributed by atoms with Gasteiger partial charge >= 0.3 is 0 Å². The molecule has 1 N–H and O–H groups in total. The SMILES string of the molecule is COc1ccc(CC(=O)N[C@H](C)c2ccc(N3CCC[C@@H](C)C3)cc2)cc1C. The van der Waals surface area contributed by atoms with Crippen molar-refractivity contribution in [2.75, 3.05) is 25.1 Å². The molecule has 2 aromatic rings. The van der Waals surface area contributed by atoms with Gasteiger partial charge in [0.15, 0.2) is 0 Å². The topological polar surface area (TPSA) is 41.6 Å². The van der Waals surface area contributed by atoms with Crippen molar-refractivity contribution < 1.29 is 9.53 Å². The Kier molecular flexibility index (Phi) is 6.61. The van der Waals surface area contributed by atoms with E-state index < -0.39 is 0 Å². The molecular weight excluding hydrogens is 348 g/mol. The van der Waals surface area contributed by atoms with Crippen molar-refractivity contribution in [3.8, 4) is 5.75 Å². The molecule has 0 aromatic heterocycles. The summed E-state index contributed by atoms with van der Waals surface area (Å²) in [5.41, 5.74) is 4.46. The van der Waals surface area contributed by atoms with Crippen molar-refractivity contribution in [1.29, 1.82) is 0 Å². The van der Waals surface area contributed by atoms with Crippen LogP contribution in [-0.4, -0.2) is 26.1 Å². The summed E-state index contributed by atoms with van der Waals surface area (Å²) in [4.78, 5) is 14.9. The summed E-state index contributed by atoms with van der Waals surface area (Å²) in [7, 11) is 1.66. The van der Waals surface area contributed by atoms with Crippen LogP contribution in [0.3, 0.4) is 0 Å². The number of ether oxygens (including phenoxy) is 1. The summed E-state index contributed by atoms with van der Waals surface area (Å²) >= 11 is 0. The van der Waals surface area contributed by atoms with E-state index in [4.69, 9.17) is 4.74 Å². The Bertz CT molecular complexity index is 801. The Balaban J connectivity index is 1.57. The van der Waals surface area contributed by atoms with Crippen molar-refractivity contribution in [2.24, 2.45) is 5.92 Å². The maximum atomic E-state index is 12.5.